The second kappa shape index (κ2) is 7.68. The molecule has 0 saturated heterocycles. The number of carbonyl (C=O) groups is 1. The van der Waals surface area contributed by atoms with Gasteiger partial charge >= 0.3 is 0 Å². The lowest BCUT2D eigenvalue weighted by Gasteiger charge is -2.17. The van der Waals surface area contributed by atoms with Crippen LogP contribution in [0.25, 0.3) is 0 Å². The summed E-state index contributed by atoms with van der Waals surface area (Å²) in [5.41, 5.74) is 0.432. The minimum Gasteiger partial charge on any atom is -0.309 e. The van der Waals surface area contributed by atoms with Crippen LogP contribution in [-0.4, -0.2) is 45.8 Å². The molecule has 1 unspecified atom stereocenters. The molecule has 0 bridgehead atoms. The van der Waals surface area contributed by atoms with Crippen LogP contribution in [0.5, 0.6) is 0 Å². The highest BCUT2D eigenvalue weighted by atomic mass is 32.2. The lowest BCUT2D eigenvalue weighted by Crippen LogP contribution is -2.34. The summed E-state index contributed by atoms with van der Waals surface area (Å²) in [6, 6.07) is 6.02. The van der Waals surface area contributed by atoms with Crippen LogP contribution in [0.2, 0.25) is 0 Å². The summed E-state index contributed by atoms with van der Waals surface area (Å²) in [5.74, 6) is -0.0623. The van der Waals surface area contributed by atoms with Gasteiger partial charge in [0, 0.05) is 18.0 Å². The molecule has 21 heavy (non-hydrogen) atoms. The number of rotatable bonds is 8. The van der Waals surface area contributed by atoms with Crippen molar-refractivity contribution >= 4 is 15.8 Å². The molecule has 118 valence electrons. The number of carbonyl (C=O) groups excluding carboxylic acids is 1. The summed E-state index contributed by atoms with van der Waals surface area (Å²) < 4.78 is 27.3. The van der Waals surface area contributed by atoms with Crippen LogP contribution < -0.4 is 4.72 Å². The summed E-state index contributed by atoms with van der Waals surface area (Å²) in [4.78, 5) is 13.8. The zero-order valence-electron chi connectivity index (χ0n) is 13.1. The van der Waals surface area contributed by atoms with Crippen molar-refractivity contribution < 1.29 is 13.2 Å². The Hall–Kier alpha value is -1.24. The van der Waals surface area contributed by atoms with Crippen molar-refractivity contribution in [1.82, 2.24) is 9.62 Å². The zero-order valence-corrected chi connectivity index (χ0v) is 13.9. The normalized spacial score (nSPS) is 13.4. The van der Waals surface area contributed by atoms with Crippen LogP contribution in [0.3, 0.4) is 0 Å². The Kier molecular flexibility index (Phi) is 6.51. The van der Waals surface area contributed by atoms with E-state index in [4.69, 9.17) is 0 Å². The Labute approximate surface area is 127 Å². The van der Waals surface area contributed by atoms with E-state index in [2.05, 4.69) is 4.72 Å². The maximum Gasteiger partial charge on any atom is 0.240 e. The summed E-state index contributed by atoms with van der Waals surface area (Å²) in [5, 5.41) is 0. The first-order chi connectivity index (χ1) is 9.76. The van der Waals surface area contributed by atoms with Crippen LogP contribution in [0, 0.1) is 0 Å². The summed E-state index contributed by atoms with van der Waals surface area (Å²) >= 11 is 0. The van der Waals surface area contributed by atoms with Gasteiger partial charge in [-0.2, -0.15) is 0 Å². The SMILES string of the molecule is CCC(=O)c1cccc(S(=O)(=O)NC(C)CCN(C)C)c1. The number of hydrogen-bond acceptors (Lipinski definition) is 4. The molecule has 5 nitrogen and oxygen atoms in total. The Bertz CT molecular complexity index is 582. The average Bonchev–Trinajstić information content (AvgIpc) is 2.44. The number of benzene rings is 1. The van der Waals surface area contributed by atoms with E-state index in [1.54, 1.807) is 19.1 Å². The van der Waals surface area contributed by atoms with E-state index in [1.807, 2.05) is 25.9 Å². The largest absolute Gasteiger partial charge is 0.309 e. The molecular formula is C15H24N2O3S. The average molecular weight is 312 g/mol. The fraction of sp³-hybridized carbons (Fsp3) is 0.533. The van der Waals surface area contributed by atoms with Gasteiger partial charge in [-0.3, -0.25) is 4.79 Å². The molecule has 0 radical (unpaired) electrons. The molecule has 0 amide bonds. The van der Waals surface area contributed by atoms with Crippen molar-refractivity contribution in [1.29, 1.82) is 0 Å². The third-order valence-corrected chi connectivity index (χ3v) is 4.74. The fourth-order valence-electron chi connectivity index (χ4n) is 1.88. The third-order valence-electron chi connectivity index (χ3n) is 3.15. The van der Waals surface area contributed by atoms with E-state index in [0.29, 0.717) is 12.0 Å². The highest BCUT2D eigenvalue weighted by Gasteiger charge is 2.18. The monoisotopic (exact) mass is 312 g/mol. The highest BCUT2D eigenvalue weighted by Crippen LogP contribution is 2.14. The molecule has 0 spiro atoms. The van der Waals surface area contributed by atoms with Gasteiger partial charge in [0.15, 0.2) is 5.78 Å². The van der Waals surface area contributed by atoms with E-state index in [-0.39, 0.29) is 16.7 Å². The molecule has 1 rings (SSSR count). The second-order valence-corrected chi connectivity index (χ2v) is 7.13. The quantitative estimate of drug-likeness (QED) is 0.745. The second-order valence-electron chi connectivity index (χ2n) is 5.42. The maximum atomic E-state index is 12.3. The van der Waals surface area contributed by atoms with Crippen LogP contribution in [0.4, 0.5) is 0 Å². The molecule has 0 aromatic heterocycles. The molecule has 0 fully saturated rings. The number of sulfonamides is 1. The molecule has 6 heteroatoms. The molecule has 1 N–H and O–H groups in total. The topological polar surface area (TPSA) is 66.5 Å². The Morgan fingerprint density at radius 3 is 2.57 bits per heavy atom. The number of hydrogen-bond donors (Lipinski definition) is 1. The van der Waals surface area contributed by atoms with Crippen molar-refractivity contribution in [3.63, 3.8) is 0 Å². The van der Waals surface area contributed by atoms with Gasteiger partial charge in [-0.15, -0.1) is 0 Å². The van der Waals surface area contributed by atoms with E-state index in [1.165, 1.54) is 12.1 Å². The number of ketones is 1. The molecule has 0 aliphatic heterocycles. The summed E-state index contributed by atoms with van der Waals surface area (Å²) in [6.45, 7) is 4.39. The predicted octanol–water partition coefficient (Wildman–Crippen LogP) is 1.90. The van der Waals surface area contributed by atoms with Gasteiger partial charge in [0.1, 0.15) is 0 Å². The van der Waals surface area contributed by atoms with Crippen LogP contribution >= 0.6 is 0 Å². The van der Waals surface area contributed by atoms with Gasteiger partial charge < -0.3 is 4.90 Å². The first kappa shape index (κ1) is 17.8. The maximum absolute atomic E-state index is 12.3. The molecule has 0 aliphatic rings. The van der Waals surface area contributed by atoms with Crippen molar-refractivity contribution in [3.05, 3.63) is 29.8 Å². The van der Waals surface area contributed by atoms with Gasteiger partial charge in [-0.1, -0.05) is 19.1 Å². The van der Waals surface area contributed by atoms with Crippen molar-refractivity contribution in [2.75, 3.05) is 20.6 Å². The van der Waals surface area contributed by atoms with Gasteiger partial charge in [0.05, 0.1) is 4.90 Å². The minimum absolute atomic E-state index is 0.0623. The van der Waals surface area contributed by atoms with E-state index in [9.17, 15) is 13.2 Å². The Balaban J connectivity index is 2.85. The summed E-state index contributed by atoms with van der Waals surface area (Å²) in [6.07, 6.45) is 1.08. The Morgan fingerprint density at radius 2 is 2.00 bits per heavy atom. The number of Topliss-reactive ketones (excluding diaryl/α,β-unsaturated/α-hetero) is 1. The lowest BCUT2D eigenvalue weighted by atomic mass is 10.1. The Morgan fingerprint density at radius 1 is 1.33 bits per heavy atom. The standard InChI is InChI=1S/C15H24N2O3S/c1-5-15(18)13-7-6-8-14(11-13)21(19,20)16-12(2)9-10-17(3)4/h6-8,11-12,16H,5,9-10H2,1-4H3. The van der Waals surface area contributed by atoms with Gasteiger partial charge in [-0.25, -0.2) is 13.1 Å². The zero-order chi connectivity index (χ0) is 16.0. The first-order valence-corrected chi connectivity index (χ1v) is 8.55. The van der Waals surface area contributed by atoms with Crippen molar-refractivity contribution in [3.8, 4) is 0 Å². The molecule has 0 saturated carbocycles. The van der Waals surface area contributed by atoms with Crippen LogP contribution in [0.1, 0.15) is 37.0 Å². The van der Waals surface area contributed by atoms with Crippen LogP contribution in [-0.2, 0) is 10.0 Å². The van der Waals surface area contributed by atoms with E-state index < -0.39 is 10.0 Å². The fourth-order valence-corrected chi connectivity index (χ4v) is 3.21. The number of nitrogens with one attached hydrogen (secondary N) is 1. The molecule has 1 aromatic carbocycles. The van der Waals surface area contributed by atoms with Gasteiger partial charge in [0.2, 0.25) is 10.0 Å². The summed E-state index contributed by atoms with van der Waals surface area (Å²) in [7, 11) is 0.299. The van der Waals surface area contributed by atoms with Gasteiger partial charge in [-0.05, 0) is 46.1 Å². The van der Waals surface area contributed by atoms with Gasteiger partial charge in [0.25, 0.3) is 0 Å². The van der Waals surface area contributed by atoms with Crippen molar-refractivity contribution in [2.45, 2.75) is 37.6 Å². The molecular weight excluding hydrogens is 288 g/mol. The molecule has 1 aromatic rings. The minimum atomic E-state index is -3.59. The van der Waals surface area contributed by atoms with Crippen LogP contribution in [0.15, 0.2) is 29.2 Å². The molecule has 1 atom stereocenters. The van der Waals surface area contributed by atoms with E-state index >= 15 is 0 Å². The third kappa shape index (κ3) is 5.57. The lowest BCUT2D eigenvalue weighted by molar-refractivity contribution is 0.0988. The number of nitrogens with zero attached hydrogens (tertiary/aromatic N) is 1. The highest BCUT2D eigenvalue weighted by molar-refractivity contribution is 7.89. The van der Waals surface area contributed by atoms with Crippen molar-refractivity contribution in [2.24, 2.45) is 0 Å². The smallest absolute Gasteiger partial charge is 0.240 e. The van der Waals surface area contributed by atoms with E-state index in [0.717, 1.165) is 13.0 Å². The molecule has 0 aliphatic carbocycles. The predicted molar refractivity (Wildman–Crippen MR) is 84.0 cm³/mol. The molecule has 0 heterocycles. The first-order valence-electron chi connectivity index (χ1n) is 7.06.